The van der Waals surface area contributed by atoms with Crippen LogP contribution in [-0.4, -0.2) is 9.91 Å². The van der Waals surface area contributed by atoms with Gasteiger partial charge in [0.25, 0.3) is 5.69 Å². The predicted octanol–water partition coefficient (Wildman–Crippen LogP) is 4.61. The van der Waals surface area contributed by atoms with Gasteiger partial charge in [-0.1, -0.05) is 56.6 Å². The molecule has 4 nitrogen and oxygen atoms in total. The van der Waals surface area contributed by atoms with Crippen molar-refractivity contribution < 1.29 is 4.92 Å². The van der Waals surface area contributed by atoms with Crippen LogP contribution in [-0.2, 0) is 5.41 Å². The van der Waals surface area contributed by atoms with Crippen molar-refractivity contribution in [2.24, 2.45) is 0 Å². The maximum atomic E-state index is 11.1. The summed E-state index contributed by atoms with van der Waals surface area (Å²) in [7, 11) is 0. The molecule has 0 atom stereocenters. The number of aromatic nitrogens is 1. The average Bonchev–Trinajstić information content (AvgIpc) is 2.37. The molecule has 0 N–H and O–H groups in total. The van der Waals surface area contributed by atoms with Crippen LogP contribution in [0.15, 0.2) is 36.4 Å². The number of nitrogens with zero attached hydrogens (tertiary/aromatic N) is 2. The molecule has 0 spiro atoms. The summed E-state index contributed by atoms with van der Waals surface area (Å²) < 4.78 is 0. The molecule has 0 saturated heterocycles. The lowest BCUT2D eigenvalue weighted by Gasteiger charge is -2.19. The first-order valence-corrected chi connectivity index (χ1v) is 6.58. The van der Waals surface area contributed by atoms with Crippen LogP contribution in [0, 0.1) is 10.1 Å². The summed E-state index contributed by atoms with van der Waals surface area (Å²) in [5, 5.41) is 11.3. The van der Waals surface area contributed by atoms with Crippen molar-refractivity contribution >= 4 is 17.3 Å². The van der Waals surface area contributed by atoms with Gasteiger partial charge in [-0.2, -0.15) is 0 Å². The van der Waals surface area contributed by atoms with Crippen molar-refractivity contribution in [1.82, 2.24) is 4.98 Å². The Morgan fingerprint density at radius 2 is 1.70 bits per heavy atom. The molecule has 104 valence electrons. The number of hydrogen-bond donors (Lipinski definition) is 0. The van der Waals surface area contributed by atoms with Crippen LogP contribution in [0.25, 0.3) is 11.3 Å². The molecule has 20 heavy (non-hydrogen) atoms. The minimum absolute atomic E-state index is 0.0340. The lowest BCUT2D eigenvalue weighted by Crippen LogP contribution is -2.10. The van der Waals surface area contributed by atoms with E-state index < -0.39 is 4.92 Å². The third-order valence-electron chi connectivity index (χ3n) is 3.06. The first kappa shape index (κ1) is 14.5. The second-order valence-electron chi connectivity index (χ2n) is 5.59. The smallest absolute Gasteiger partial charge is 0.258 e. The Kier molecular flexibility index (Phi) is 3.77. The normalized spacial score (nSPS) is 11.4. The first-order chi connectivity index (χ1) is 9.29. The Morgan fingerprint density at radius 3 is 2.20 bits per heavy atom. The average molecular weight is 291 g/mol. The van der Waals surface area contributed by atoms with Gasteiger partial charge in [-0.15, -0.1) is 0 Å². The van der Waals surface area contributed by atoms with E-state index in [1.165, 1.54) is 12.1 Å². The maximum Gasteiger partial charge on any atom is 0.295 e. The molecular formula is C15H15ClN2O2. The van der Waals surface area contributed by atoms with Gasteiger partial charge in [0.05, 0.1) is 4.92 Å². The van der Waals surface area contributed by atoms with E-state index in [2.05, 4.69) is 25.8 Å². The Hall–Kier alpha value is -1.94. The highest BCUT2D eigenvalue weighted by Gasteiger charge is 2.19. The van der Waals surface area contributed by atoms with E-state index in [0.29, 0.717) is 11.3 Å². The van der Waals surface area contributed by atoms with Gasteiger partial charge in [-0.25, -0.2) is 4.98 Å². The zero-order chi connectivity index (χ0) is 14.9. The van der Waals surface area contributed by atoms with Gasteiger partial charge < -0.3 is 0 Å². The van der Waals surface area contributed by atoms with E-state index in [1.807, 2.05) is 24.3 Å². The van der Waals surface area contributed by atoms with E-state index in [1.54, 1.807) is 0 Å². The lowest BCUT2D eigenvalue weighted by molar-refractivity contribution is -0.384. The second-order valence-corrected chi connectivity index (χ2v) is 5.97. The van der Waals surface area contributed by atoms with Gasteiger partial charge in [0, 0.05) is 11.6 Å². The van der Waals surface area contributed by atoms with Gasteiger partial charge >= 0.3 is 0 Å². The maximum absolute atomic E-state index is 11.1. The zero-order valence-electron chi connectivity index (χ0n) is 11.6. The third kappa shape index (κ3) is 2.96. The SMILES string of the molecule is CC(C)(C)c1ccc(-c2nc(Cl)ccc2[N+](=O)[O-])cc1. The van der Waals surface area contributed by atoms with Gasteiger partial charge in [0.15, 0.2) is 0 Å². The fraction of sp³-hybridized carbons (Fsp3) is 0.267. The molecule has 0 unspecified atom stereocenters. The molecule has 2 aromatic rings. The molecule has 0 fully saturated rings. The highest BCUT2D eigenvalue weighted by atomic mass is 35.5. The van der Waals surface area contributed by atoms with Crippen molar-refractivity contribution in [3.63, 3.8) is 0 Å². The number of halogens is 1. The molecule has 0 aliphatic carbocycles. The predicted molar refractivity (Wildman–Crippen MR) is 80.0 cm³/mol. The number of rotatable bonds is 2. The molecule has 5 heteroatoms. The van der Waals surface area contributed by atoms with Gasteiger partial charge in [0.1, 0.15) is 10.8 Å². The summed E-state index contributed by atoms with van der Waals surface area (Å²) >= 11 is 5.84. The standard InChI is InChI=1S/C15H15ClN2O2/c1-15(2,3)11-6-4-10(5-7-11)14-12(18(19)20)8-9-13(16)17-14/h4-9H,1-3H3. The lowest BCUT2D eigenvalue weighted by atomic mass is 9.86. The van der Waals surface area contributed by atoms with Crippen LogP contribution >= 0.6 is 11.6 Å². The molecule has 0 radical (unpaired) electrons. The summed E-state index contributed by atoms with van der Waals surface area (Å²) in [5.74, 6) is 0. The first-order valence-electron chi connectivity index (χ1n) is 6.21. The van der Waals surface area contributed by atoms with E-state index in [9.17, 15) is 10.1 Å². The molecule has 1 aromatic heterocycles. The topological polar surface area (TPSA) is 56.0 Å². The monoisotopic (exact) mass is 290 g/mol. The third-order valence-corrected chi connectivity index (χ3v) is 3.27. The fourth-order valence-corrected chi connectivity index (χ4v) is 2.06. The summed E-state index contributed by atoms with van der Waals surface area (Å²) in [5.41, 5.74) is 2.13. The molecule has 2 rings (SSSR count). The minimum atomic E-state index is -0.448. The van der Waals surface area contributed by atoms with Crippen molar-refractivity contribution in [1.29, 1.82) is 0 Å². The number of hydrogen-bond acceptors (Lipinski definition) is 3. The molecule has 1 heterocycles. The summed E-state index contributed by atoms with van der Waals surface area (Å²) in [6.45, 7) is 6.34. The number of pyridine rings is 1. The van der Waals surface area contributed by atoms with Crippen LogP contribution in [0.5, 0.6) is 0 Å². The Labute approximate surface area is 122 Å². The molecule has 0 aliphatic heterocycles. The van der Waals surface area contributed by atoms with Gasteiger partial charge in [-0.3, -0.25) is 10.1 Å². The summed E-state index contributed by atoms with van der Waals surface area (Å²) in [6, 6.07) is 10.4. The van der Waals surface area contributed by atoms with E-state index in [0.717, 1.165) is 5.56 Å². The van der Waals surface area contributed by atoms with E-state index >= 15 is 0 Å². The quantitative estimate of drug-likeness (QED) is 0.461. The Balaban J connectivity index is 2.52. The van der Waals surface area contributed by atoms with Crippen LogP contribution in [0.1, 0.15) is 26.3 Å². The molecule has 0 saturated carbocycles. The van der Waals surface area contributed by atoms with Crippen LogP contribution in [0.2, 0.25) is 5.15 Å². The molecular weight excluding hydrogens is 276 g/mol. The van der Waals surface area contributed by atoms with E-state index in [4.69, 9.17) is 11.6 Å². The van der Waals surface area contributed by atoms with Crippen molar-refractivity contribution in [2.45, 2.75) is 26.2 Å². The Bertz CT molecular complexity index is 646. The summed E-state index contributed by atoms with van der Waals surface area (Å²) in [4.78, 5) is 14.7. The highest BCUT2D eigenvalue weighted by Crippen LogP contribution is 2.31. The highest BCUT2D eigenvalue weighted by molar-refractivity contribution is 6.29. The Morgan fingerprint density at radius 1 is 1.10 bits per heavy atom. The van der Waals surface area contributed by atoms with Crippen LogP contribution in [0.4, 0.5) is 5.69 Å². The molecule has 0 amide bonds. The van der Waals surface area contributed by atoms with Crippen molar-refractivity contribution in [3.05, 3.63) is 57.2 Å². The second kappa shape index (κ2) is 5.21. The minimum Gasteiger partial charge on any atom is -0.258 e. The van der Waals surface area contributed by atoms with Crippen molar-refractivity contribution in [2.75, 3.05) is 0 Å². The zero-order valence-corrected chi connectivity index (χ0v) is 12.3. The fourth-order valence-electron chi connectivity index (χ4n) is 1.92. The van der Waals surface area contributed by atoms with Crippen LogP contribution < -0.4 is 0 Å². The molecule has 0 bridgehead atoms. The molecule has 1 aromatic carbocycles. The van der Waals surface area contributed by atoms with Gasteiger partial charge in [0.2, 0.25) is 0 Å². The summed E-state index contributed by atoms with van der Waals surface area (Å²) in [6.07, 6.45) is 0. The van der Waals surface area contributed by atoms with Crippen molar-refractivity contribution in [3.8, 4) is 11.3 Å². The van der Waals surface area contributed by atoms with Crippen LogP contribution in [0.3, 0.4) is 0 Å². The largest absolute Gasteiger partial charge is 0.295 e. The van der Waals surface area contributed by atoms with Gasteiger partial charge in [-0.05, 0) is 17.0 Å². The number of benzene rings is 1. The molecule has 0 aliphatic rings. The number of nitro groups is 1. The van der Waals surface area contributed by atoms with E-state index in [-0.39, 0.29) is 16.3 Å².